The Labute approximate surface area is 231 Å². The molecule has 0 spiro atoms. The van der Waals surface area contributed by atoms with Gasteiger partial charge in [-0.3, -0.25) is 4.79 Å². The summed E-state index contributed by atoms with van der Waals surface area (Å²) in [6.45, 7) is 22.1. The van der Waals surface area contributed by atoms with Gasteiger partial charge in [0.05, 0.1) is 12.2 Å². The number of rotatable bonds is 17. The van der Waals surface area contributed by atoms with Crippen molar-refractivity contribution in [1.82, 2.24) is 0 Å². The Balaban J connectivity index is 5.41. The van der Waals surface area contributed by atoms with Crippen LogP contribution >= 0.6 is 22.6 Å². The first-order valence-electron chi connectivity index (χ1n) is 13.4. The number of hydrogen-bond acceptors (Lipinski definition) is 5. The minimum absolute atomic E-state index is 0.0216. The SMILES string of the molecule is CCC(=O)O[C@H](CC[C@H](C)[C@H](C[C@@H](CC)O[Si](C)(C)C(C)(C)C)OC)[C@H](C)[C@H](OC)[C@H](C)/C=C/I. The van der Waals surface area contributed by atoms with Gasteiger partial charge in [-0.2, -0.15) is 0 Å². The van der Waals surface area contributed by atoms with E-state index in [0.29, 0.717) is 12.3 Å². The number of ether oxygens (including phenoxy) is 3. The summed E-state index contributed by atoms with van der Waals surface area (Å²) in [5.74, 6) is 0.478. The molecular formula is C28H55IO5Si. The Hall–Kier alpha value is 0.0369. The molecule has 7 heteroatoms. The molecule has 0 heterocycles. The summed E-state index contributed by atoms with van der Waals surface area (Å²) in [4.78, 5) is 12.3. The topological polar surface area (TPSA) is 54.0 Å². The van der Waals surface area contributed by atoms with Crippen molar-refractivity contribution in [1.29, 1.82) is 0 Å². The molecule has 0 aliphatic heterocycles. The summed E-state index contributed by atoms with van der Waals surface area (Å²) < 4.78 is 26.5. The van der Waals surface area contributed by atoms with Crippen LogP contribution < -0.4 is 0 Å². The summed E-state index contributed by atoms with van der Waals surface area (Å²) in [6.07, 6.45) is 6.15. The van der Waals surface area contributed by atoms with Crippen LogP contribution in [0.4, 0.5) is 0 Å². The quantitative estimate of drug-likeness (QED) is 0.0927. The average Bonchev–Trinajstić information content (AvgIpc) is 2.78. The van der Waals surface area contributed by atoms with E-state index in [1.807, 2.05) is 11.0 Å². The maximum absolute atomic E-state index is 12.3. The lowest BCUT2D eigenvalue weighted by Gasteiger charge is -2.40. The molecule has 0 aromatic rings. The maximum Gasteiger partial charge on any atom is 0.305 e. The minimum Gasteiger partial charge on any atom is -0.462 e. The van der Waals surface area contributed by atoms with E-state index >= 15 is 0 Å². The normalized spacial score (nSPS) is 19.1. The van der Waals surface area contributed by atoms with Crippen molar-refractivity contribution in [3.8, 4) is 0 Å². The van der Waals surface area contributed by atoms with Crippen molar-refractivity contribution < 1.29 is 23.4 Å². The van der Waals surface area contributed by atoms with E-state index in [1.54, 1.807) is 14.2 Å². The van der Waals surface area contributed by atoms with Crippen molar-refractivity contribution in [3.63, 3.8) is 0 Å². The lowest BCUT2D eigenvalue weighted by atomic mass is 9.84. The van der Waals surface area contributed by atoms with Gasteiger partial charge in [-0.1, -0.05) is 84.1 Å². The third-order valence-electron chi connectivity index (χ3n) is 7.90. The van der Waals surface area contributed by atoms with Crippen LogP contribution in [0.25, 0.3) is 0 Å². The zero-order chi connectivity index (χ0) is 27.4. The lowest BCUT2D eigenvalue weighted by Crippen LogP contribution is -2.45. The van der Waals surface area contributed by atoms with E-state index in [1.165, 1.54) is 0 Å². The van der Waals surface area contributed by atoms with Gasteiger partial charge in [0.25, 0.3) is 0 Å². The monoisotopic (exact) mass is 626 g/mol. The van der Waals surface area contributed by atoms with Crippen molar-refractivity contribution >= 4 is 36.9 Å². The molecule has 0 radical (unpaired) electrons. The van der Waals surface area contributed by atoms with Gasteiger partial charge in [-0.25, -0.2) is 0 Å². The van der Waals surface area contributed by atoms with Gasteiger partial charge >= 0.3 is 5.97 Å². The van der Waals surface area contributed by atoms with E-state index in [4.69, 9.17) is 18.6 Å². The standard InChI is InChI=1S/C28H55IO5Si/c1-13-23(34-35(11,12)28(6,7)8)19-25(31-9)20(3)15-16-24(33-26(30)14-2)22(5)27(32-10)21(4)17-18-29/h17-18,20-25,27H,13-16,19H2,1-12H3/b18-17+/t20-,21+,22-,23+,24+,25-,27+/m0/s1. The number of carbonyl (C=O) groups excluding carboxylic acids is 1. The largest absolute Gasteiger partial charge is 0.462 e. The zero-order valence-corrected chi connectivity index (χ0v) is 27.8. The van der Waals surface area contributed by atoms with Crippen molar-refractivity contribution in [2.75, 3.05) is 14.2 Å². The first-order chi connectivity index (χ1) is 16.2. The van der Waals surface area contributed by atoms with Crippen LogP contribution in [0.5, 0.6) is 0 Å². The predicted octanol–water partition coefficient (Wildman–Crippen LogP) is 8.17. The number of esters is 1. The molecule has 0 unspecified atom stereocenters. The summed E-state index contributed by atoms with van der Waals surface area (Å²) in [5, 5.41) is 0.183. The zero-order valence-electron chi connectivity index (χ0n) is 24.7. The number of methoxy groups -OCH3 is 2. The predicted molar refractivity (Wildman–Crippen MR) is 159 cm³/mol. The Kier molecular flexibility index (Phi) is 16.8. The highest BCUT2D eigenvalue weighted by Crippen LogP contribution is 2.38. The lowest BCUT2D eigenvalue weighted by molar-refractivity contribution is -0.155. The van der Waals surface area contributed by atoms with Crippen LogP contribution in [0, 0.1) is 17.8 Å². The molecule has 0 saturated carbocycles. The van der Waals surface area contributed by atoms with Gasteiger partial charge in [0.15, 0.2) is 8.32 Å². The van der Waals surface area contributed by atoms with Crippen LogP contribution in [0.2, 0.25) is 18.1 Å². The van der Waals surface area contributed by atoms with E-state index in [9.17, 15) is 4.79 Å². The van der Waals surface area contributed by atoms with Crippen molar-refractivity contribution in [2.24, 2.45) is 17.8 Å². The van der Waals surface area contributed by atoms with E-state index in [-0.39, 0.29) is 47.3 Å². The van der Waals surface area contributed by atoms with Gasteiger partial charge < -0.3 is 18.6 Å². The fourth-order valence-electron chi connectivity index (χ4n) is 4.35. The van der Waals surface area contributed by atoms with Crippen LogP contribution in [-0.4, -0.2) is 52.9 Å². The molecule has 0 fully saturated rings. The highest BCUT2D eigenvalue weighted by atomic mass is 127. The van der Waals surface area contributed by atoms with E-state index < -0.39 is 8.32 Å². The van der Waals surface area contributed by atoms with Gasteiger partial charge in [-0.05, 0) is 53.8 Å². The first kappa shape index (κ1) is 35.0. The molecule has 0 saturated heterocycles. The summed E-state index contributed by atoms with van der Waals surface area (Å²) in [5.41, 5.74) is 0. The summed E-state index contributed by atoms with van der Waals surface area (Å²) in [6, 6.07) is 0. The fraction of sp³-hybridized carbons (Fsp3) is 0.893. The van der Waals surface area contributed by atoms with Gasteiger partial charge in [0.2, 0.25) is 0 Å². The highest BCUT2D eigenvalue weighted by Gasteiger charge is 2.39. The number of halogens is 1. The number of hydrogen-bond donors (Lipinski definition) is 0. The highest BCUT2D eigenvalue weighted by molar-refractivity contribution is 14.1. The smallest absolute Gasteiger partial charge is 0.305 e. The molecule has 0 aromatic carbocycles. The van der Waals surface area contributed by atoms with Crippen LogP contribution in [0.1, 0.15) is 87.5 Å². The molecule has 0 aromatic heterocycles. The Bertz CT molecular complexity index is 619. The maximum atomic E-state index is 12.3. The van der Waals surface area contributed by atoms with Crippen LogP contribution in [-0.2, 0) is 23.4 Å². The third kappa shape index (κ3) is 12.0. The summed E-state index contributed by atoms with van der Waals surface area (Å²) >= 11 is 2.24. The molecule has 0 aliphatic rings. The molecule has 0 bridgehead atoms. The van der Waals surface area contributed by atoms with Crippen molar-refractivity contribution in [3.05, 3.63) is 10.2 Å². The third-order valence-corrected chi connectivity index (χ3v) is 12.9. The summed E-state index contributed by atoms with van der Waals surface area (Å²) in [7, 11) is 1.70. The molecule has 0 aliphatic carbocycles. The minimum atomic E-state index is -1.84. The Morgan fingerprint density at radius 3 is 2.03 bits per heavy atom. The Morgan fingerprint density at radius 2 is 1.60 bits per heavy atom. The molecule has 5 nitrogen and oxygen atoms in total. The van der Waals surface area contributed by atoms with E-state index in [0.717, 1.165) is 25.7 Å². The van der Waals surface area contributed by atoms with Crippen LogP contribution in [0.15, 0.2) is 10.2 Å². The second-order valence-electron chi connectivity index (χ2n) is 11.6. The molecule has 35 heavy (non-hydrogen) atoms. The molecule has 208 valence electrons. The average molecular weight is 627 g/mol. The molecule has 7 atom stereocenters. The molecule has 0 rings (SSSR count). The molecule has 0 amide bonds. The van der Waals surface area contributed by atoms with Crippen LogP contribution in [0.3, 0.4) is 0 Å². The first-order valence-corrected chi connectivity index (χ1v) is 17.5. The number of carbonyl (C=O) groups is 1. The second kappa shape index (κ2) is 16.8. The molecule has 0 N–H and O–H groups in total. The van der Waals surface area contributed by atoms with Gasteiger partial charge in [0.1, 0.15) is 6.10 Å². The second-order valence-corrected chi connectivity index (χ2v) is 17.1. The fourth-order valence-corrected chi connectivity index (χ4v) is 6.45. The van der Waals surface area contributed by atoms with E-state index in [2.05, 4.69) is 90.2 Å². The van der Waals surface area contributed by atoms with Gasteiger partial charge in [0, 0.05) is 38.6 Å². The van der Waals surface area contributed by atoms with Gasteiger partial charge in [-0.15, -0.1) is 0 Å². The Morgan fingerprint density at radius 1 is 1.00 bits per heavy atom. The molecular weight excluding hydrogens is 571 g/mol. The van der Waals surface area contributed by atoms with Crippen molar-refractivity contribution in [2.45, 2.75) is 130 Å².